The fraction of sp³-hybridized carbons (Fsp3) is 0.500. The topological polar surface area (TPSA) is 49.4 Å². The Kier molecular flexibility index (Phi) is 4.89. The minimum absolute atomic E-state index is 0. The molecule has 1 N–H and O–H groups in total. The lowest BCUT2D eigenvalue weighted by Gasteiger charge is -2.17. The van der Waals surface area contributed by atoms with Gasteiger partial charge in [-0.15, -0.1) is 12.4 Å². The smallest absolute Gasteiger partial charge is 0.243 e. The van der Waals surface area contributed by atoms with Gasteiger partial charge in [0.15, 0.2) is 0 Å². The van der Waals surface area contributed by atoms with E-state index in [9.17, 15) is 8.42 Å². The summed E-state index contributed by atoms with van der Waals surface area (Å²) < 4.78 is 26.6. The molecule has 20 heavy (non-hydrogen) atoms. The van der Waals surface area contributed by atoms with Gasteiger partial charge in [0.1, 0.15) is 0 Å². The zero-order valence-electron chi connectivity index (χ0n) is 10.6. The minimum Gasteiger partial charge on any atom is -0.316 e. The van der Waals surface area contributed by atoms with Crippen LogP contribution in [-0.4, -0.2) is 38.9 Å². The summed E-state index contributed by atoms with van der Waals surface area (Å²) in [6.07, 6.45) is 0. The van der Waals surface area contributed by atoms with Gasteiger partial charge in [-0.2, -0.15) is 4.31 Å². The fourth-order valence-electron chi connectivity index (χ4n) is 2.79. The number of fused-ring (bicyclic) bond motifs is 1. The molecule has 2 fully saturated rings. The van der Waals surface area contributed by atoms with Gasteiger partial charge in [0.2, 0.25) is 10.0 Å². The highest BCUT2D eigenvalue weighted by molar-refractivity contribution is 7.89. The third-order valence-electron chi connectivity index (χ3n) is 3.88. The Morgan fingerprint density at radius 3 is 2.25 bits per heavy atom. The van der Waals surface area contributed by atoms with Crippen molar-refractivity contribution in [1.82, 2.24) is 9.62 Å². The highest BCUT2D eigenvalue weighted by Gasteiger charge is 2.41. The van der Waals surface area contributed by atoms with Crippen LogP contribution in [0.2, 0.25) is 10.0 Å². The Bertz CT molecular complexity index is 597. The summed E-state index contributed by atoms with van der Waals surface area (Å²) >= 11 is 11.7. The first-order valence-electron chi connectivity index (χ1n) is 6.14. The quantitative estimate of drug-likeness (QED) is 0.883. The van der Waals surface area contributed by atoms with Crippen LogP contribution >= 0.6 is 35.6 Å². The van der Waals surface area contributed by atoms with Crippen molar-refractivity contribution in [3.8, 4) is 0 Å². The predicted molar refractivity (Wildman–Crippen MR) is 82.3 cm³/mol. The molecule has 2 saturated heterocycles. The SMILES string of the molecule is Cl.O=S(=O)(c1ccc(Cl)c(Cl)c1)N1C[C@H]2CNC[C@H]2C1. The number of sulfonamides is 1. The molecule has 0 amide bonds. The summed E-state index contributed by atoms with van der Waals surface area (Å²) in [6.45, 7) is 2.97. The van der Waals surface area contributed by atoms with Gasteiger partial charge < -0.3 is 5.32 Å². The summed E-state index contributed by atoms with van der Waals surface area (Å²) in [5.41, 5.74) is 0. The Morgan fingerprint density at radius 2 is 1.70 bits per heavy atom. The van der Waals surface area contributed by atoms with E-state index >= 15 is 0 Å². The molecule has 0 saturated carbocycles. The molecule has 2 heterocycles. The third-order valence-corrected chi connectivity index (χ3v) is 6.45. The van der Waals surface area contributed by atoms with Crippen LogP contribution in [0.3, 0.4) is 0 Å². The van der Waals surface area contributed by atoms with Crippen molar-refractivity contribution in [1.29, 1.82) is 0 Å². The van der Waals surface area contributed by atoms with Gasteiger partial charge in [-0.1, -0.05) is 23.2 Å². The monoisotopic (exact) mass is 356 g/mol. The van der Waals surface area contributed by atoms with Gasteiger partial charge >= 0.3 is 0 Å². The standard InChI is InChI=1S/C12H14Cl2N2O2S.ClH/c13-11-2-1-10(3-12(11)14)19(17,18)16-6-8-4-15-5-9(8)7-16;/h1-3,8-9,15H,4-7H2;1H/t8-,9+;. The van der Waals surface area contributed by atoms with Crippen LogP contribution in [-0.2, 0) is 10.0 Å². The van der Waals surface area contributed by atoms with E-state index in [-0.39, 0.29) is 22.3 Å². The maximum atomic E-state index is 12.5. The molecule has 112 valence electrons. The first-order chi connectivity index (χ1) is 8.98. The summed E-state index contributed by atoms with van der Waals surface area (Å²) in [7, 11) is -3.46. The lowest BCUT2D eigenvalue weighted by molar-refractivity contribution is 0.448. The van der Waals surface area contributed by atoms with Crippen LogP contribution in [0.4, 0.5) is 0 Å². The first kappa shape index (κ1) is 16.3. The lowest BCUT2D eigenvalue weighted by atomic mass is 10.0. The van der Waals surface area contributed by atoms with Gasteiger partial charge in [0.05, 0.1) is 14.9 Å². The average Bonchev–Trinajstić information content (AvgIpc) is 2.93. The van der Waals surface area contributed by atoms with Crippen molar-refractivity contribution >= 4 is 45.6 Å². The molecule has 1 aromatic carbocycles. The molecule has 2 aliphatic heterocycles. The van der Waals surface area contributed by atoms with Crippen LogP contribution in [0.1, 0.15) is 0 Å². The second-order valence-corrected chi connectivity index (χ2v) is 7.83. The molecule has 0 unspecified atom stereocenters. The van der Waals surface area contributed by atoms with E-state index in [1.54, 1.807) is 4.31 Å². The van der Waals surface area contributed by atoms with Gasteiger partial charge in [-0.05, 0) is 43.1 Å². The molecule has 0 spiro atoms. The Morgan fingerprint density at radius 1 is 1.10 bits per heavy atom. The van der Waals surface area contributed by atoms with Gasteiger partial charge in [0.25, 0.3) is 0 Å². The normalized spacial score (nSPS) is 26.3. The van der Waals surface area contributed by atoms with E-state index in [4.69, 9.17) is 23.2 Å². The highest BCUT2D eigenvalue weighted by atomic mass is 35.5. The molecule has 0 bridgehead atoms. The van der Waals surface area contributed by atoms with E-state index in [1.165, 1.54) is 18.2 Å². The number of nitrogens with zero attached hydrogens (tertiary/aromatic N) is 1. The molecule has 0 aliphatic carbocycles. The summed E-state index contributed by atoms with van der Waals surface area (Å²) in [4.78, 5) is 0.217. The van der Waals surface area contributed by atoms with Gasteiger partial charge in [-0.3, -0.25) is 0 Å². The van der Waals surface area contributed by atoms with E-state index in [0.717, 1.165) is 13.1 Å². The highest BCUT2D eigenvalue weighted by Crippen LogP contribution is 2.32. The molecule has 0 aromatic heterocycles. The zero-order chi connectivity index (χ0) is 13.6. The van der Waals surface area contributed by atoms with Gasteiger partial charge in [0, 0.05) is 13.1 Å². The van der Waals surface area contributed by atoms with E-state index in [2.05, 4.69) is 5.32 Å². The van der Waals surface area contributed by atoms with Crippen LogP contribution in [0.5, 0.6) is 0 Å². The second-order valence-electron chi connectivity index (χ2n) is 5.08. The van der Waals surface area contributed by atoms with Crippen LogP contribution in [0.15, 0.2) is 23.1 Å². The number of rotatable bonds is 2. The summed E-state index contributed by atoms with van der Waals surface area (Å²) in [5, 5.41) is 3.92. The van der Waals surface area contributed by atoms with Crippen molar-refractivity contribution in [3.63, 3.8) is 0 Å². The van der Waals surface area contributed by atoms with Crippen molar-refractivity contribution in [2.75, 3.05) is 26.2 Å². The number of benzene rings is 1. The Balaban J connectivity index is 0.00000147. The van der Waals surface area contributed by atoms with Crippen LogP contribution < -0.4 is 5.32 Å². The molecule has 4 nitrogen and oxygen atoms in total. The number of hydrogen-bond acceptors (Lipinski definition) is 3. The molecule has 0 radical (unpaired) electrons. The molecule has 2 aliphatic rings. The second kappa shape index (κ2) is 5.99. The number of nitrogens with one attached hydrogen (secondary N) is 1. The molecule has 1 aromatic rings. The lowest BCUT2D eigenvalue weighted by Crippen LogP contribution is -2.31. The Labute approximate surface area is 134 Å². The van der Waals surface area contributed by atoms with Crippen LogP contribution in [0, 0.1) is 11.8 Å². The largest absolute Gasteiger partial charge is 0.316 e. The summed E-state index contributed by atoms with van der Waals surface area (Å²) in [5.74, 6) is 0.857. The average molecular weight is 358 g/mol. The first-order valence-corrected chi connectivity index (χ1v) is 8.34. The number of halogens is 3. The molecule has 8 heteroatoms. The van der Waals surface area contributed by atoms with Crippen molar-refractivity contribution in [2.45, 2.75) is 4.90 Å². The molecule has 2 atom stereocenters. The van der Waals surface area contributed by atoms with Gasteiger partial charge in [-0.25, -0.2) is 8.42 Å². The van der Waals surface area contributed by atoms with Crippen LogP contribution in [0.25, 0.3) is 0 Å². The fourth-order valence-corrected chi connectivity index (χ4v) is 4.74. The van der Waals surface area contributed by atoms with E-state index < -0.39 is 10.0 Å². The zero-order valence-corrected chi connectivity index (χ0v) is 13.7. The van der Waals surface area contributed by atoms with Crippen molar-refractivity contribution < 1.29 is 8.42 Å². The molecule has 3 rings (SSSR count). The minimum atomic E-state index is -3.46. The number of hydrogen-bond donors (Lipinski definition) is 1. The van der Waals surface area contributed by atoms with Crippen molar-refractivity contribution in [2.24, 2.45) is 11.8 Å². The summed E-state index contributed by atoms with van der Waals surface area (Å²) in [6, 6.07) is 4.46. The van der Waals surface area contributed by atoms with E-state index in [1.807, 2.05) is 0 Å². The van der Waals surface area contributed by atoms with E-state index in [0.29, 0.717) is 29.9 Å². The maximum absolute atomic E-state index is 12.5. The molecular weight excluding hydrogens is 343 g/mol. The van der Waals surface area contributed by atoms with Crippen molar-refractivity contribution in [3.05, 3.63) is 28.2 Å². The predicted octanol–water partition coefficient (Wildman–Crippen LogP) is 2.26. The molecular formula is C12H15Cl3N2O2S. The maximum Gasteiger partial charge on any atom is 0.243 e. The Hall–Kier alpha value is -0.0400. The third kappa shape index (κ3) is 2.80.